The second-order valence-corrected chi connectivity index (χ2v) is 6.85. The molecule has 0 saturated heterocycles. The molecule has 7 heteroatoms. The molecule has 0 N–H and O–H groups in total. The summed E-state index contributed by atoms with van der Waals surface area (Å²) in [4.78, 5) is 0.321. The maximum Gasteiger partial charge on any atom is 0.243 e. The van der Waals surface area contributed by atoms with Crippen molar-refractivity contribution in [2.24, 2.45) is 0 Å². The van der Waals surface area contributed by atoms with Gasteiger partial charge in [-0.2, -0.15) is 15.6 Å². The first-order valence-electron chi connectivity index (χ1n) is 5.33. The van der Waals surface area contributed by atoms with Crippen LogP contribution in [0.15, 0.2) is 26.2 Å². The molecule has 2 rings (SSSR count). The van der Waals surface area contributed by atoms with Gasteiger partial charge in [0.25, 0.3) is 0 Å². The van der Waals surface area contributed by atoms with Gasteiger partial charge in [-0.25, -0.2) is 8.42 Å². The minimum Gasteiger partial charge on any atom is -0.361 e. The molecule has 0 bridgehead atoms. The smallest absolute Gasteiger partial charge is 0.243 e. The Morgan fingerprint density at radius 3 is 2.67 bits per heavy atom. The molecule has 0 spiro atoms. The lowest BCUT2D eigenvalue weighted by molar-refractivity contribution is 0.390. The fourth-order valence-corrected chi connectivity index (χ4v) is 3.77. The molecular formula is C11H14N2O3S2. The zero-order chi connectivity index (χ0) is 13.3. The van der Waals surface area contributed by atoms with E-state index >= 15 is 0 Å². The van der Waals surface area contributed by atoms with Crippen molar-refractivity contribution in [3.8, 4) is 0 Å². The van der Waals surface area contributed by atoms with Gasteiger partial charge in [-0.1, -0.05) is 5.16 Å². The van der Waals surface area contributed by atoms with Crippen molar-refractivity contribution in [2.45, 2.75) is 25.3 Å². The highest BCUT2D eigenvalue weighted by atomic mass is 32.2. The van der Waals surface area contributed by atoms with Crippen molar-refractivity contribution in [3.05, 3.63) is 33.8 Å². The average Bonchev–Trinajstić information content (AvgIpc) is 2.94. The van der Waals surface area contributed by atoms with Gasteiger partial charge in [-0.15, -0.1) is 0 Å². The van der Waals surface area contributed by atoms with E-state index in [1.54, 1.807) is 37.7 Å². The minimum atomic E-state index is -3.43. The number of nitrogens with zero attached hydrogens (tertiary/aromatic N) is 2. The second kappa shape index (κ2) is 4.83. The number of hydrogen-bond acceptors (Lipinski definition) is 5. The van der Waals surface area contributed by atoms with Gasteiger partial charge in [0.1, 0.15) is 5.76 Å². The number of aryl methyl sites for hydroxylation is 2. The summed E-state index contributed by atoms with van der Waals surface area (Å²) in [5.41, 5.74) is 1.54. The van der Waals surface area contributed by atoms with Crippen molar-refractivity contribution in [3.63, 3.8) is 0 Å². The van der Waals surface area contributed by atoms with E-state index < -0.39 is 10.0 Å². The molecule has 2 heterocycles. The van der Waals surface area contributed by atoms with Crippen LogP contribution >= 0.6 is 11.3 Å². The van der Waals surface area contributed by atoms with Crippen molar-refractivity contribution in [2.75, 3.05) is 7.05 Å². The van der Waals surface area contributed by atoms with E-state index in [4.69, 9.17) is 4.52 Å². The molecule has 0 aliphatic carbocycles. The Hall–Kier alpha value is -1.18. The molecule has 18 heavy (non-hydrogen) atoms. The monoisotopic (exact) mass is 286 g/mol. The van der Waals surface area contributed by atoms with Crippen LogP contribution in [0.1, 0.15) is 17.0 Å². The molecular weight excluding hydrogens is 272 g/mol. The summed E-state index contributed by atoms with van der Waals surface area (Å²) < 4.78 is 30.8. The summed E-state index contributed by atoms with van der Waals surface area (Å²) in [6, 6.07) is 1.60. The lowest BCUT2D eigenvalue weighted by Gasteiger charge is -2.15. The van der Waals surface area contributed by atoms with Gasteiger partial charge >= 0.3 is 0 Å². The number of aromatic nitrogens is 1. The molecule has 0 radical (unpaired) electrons. The molecule has 98 valence electrons. The van der Waals surface area contributed by atoms with Gasteiger partial charge in [0.05, 0.1) is 10.6 Å². The van der Waals surface area contributed by atoms with Crippen LogP contribution in [-0.2, 0) is 16.6 Å². The van der Waals surface area contributed by atoms with Crippen LogP contribution in [0.5, 0.6) is 0 Å². The number of hydrogen-bond donors (Lipinski definition) is 0. The standard InChI is InChI=1S/C11H14N2O3S2/c1-8-11(9(2)16-12-8)6-13(3)18(14,15)10-4-5-17-7-10/h4-5,7H,6H2,1-3H3. The Labute approximate surface area is 110 Å². The van der Waals surface area contributed by atoms with E-state index in [0.717, 1.165) is 11.3 Å². The third-order valence-corrected chi connectivity index (χ3v) is 5.40. The molecule has 0 unspecified atom stereocenters. The molecule has 0 amide bonds. The molecule has 0 atom stereocenters. The Balaban J connectivity index is 2.26. The van der Waals surface area contributed by atoms with E-state index in [1.165, 1.54) is 15.6 Å². The summed E-state index contributed by atoms with van der Waals surface area (Å²) in [5.74, 6) is 0.653. The minimum absolute atomic E-state index is 0.263. The number of rotatable bonds is 4. The van der Waals surface area contributed by atoms with Gasteiger partial charge in [0.2, 0.25) is 10.0 Å². The number of thiophene rings is 1. The van der Waals surface area contributed by atoms with Gasteiger partial charge in [-0.3, -0.25) is 0 Å². The van der Waals surface area contributed by atoms with Crippen LogP contribution in [0.2, 0.25) is 0 Å². The summed E-state index contributed by atoms with van der Waals surface area (Å²) in [6.45, 7) is 3.84. The second-order valence-electron chi connectivity index (χ2n) is 4.02. The topological polar surface area (TPSA) is 63.4 Å². The normalized spacial score (nSPS) is 12.2. The summed E-state index contributed by atoms with van der Waals surface area (Å²) in [6.07, 6.45) is 0. The zero-order valence-corrected chi connectivity index (χ0v) is 12.0. The fraction of sp³-hybridized carbons (Fsp3) is 0.364. The summed E-state index contributed by atoms with van der Waals surface area (Å²) in [7, 11) is -1.88. The van der Waals surface area contributed by atoms with Crippen LogP contribution in [0.3, 0.4) is 0 Å². The Bertz CT molecular complexity index is 610. The zero-order valence-electron chi connectivity index (χ0n) is 10.4. The highest BCUT2D eigenvalue weighted by Gasteiger charge is 2.23. The van der Waals surface area contributed by atoms with E-state index in [9.17, 15) is 8.42 Å². The first kappa shape index (κ1) is 13.3. The average molecular weight is 286 g/mol. The van der Waals surface area contributed by atoms with Crippen molar-refractivity contribution in [1.29, 1.82) is 0 Å². The lowest BCUT2D eigenvalue weighted by atomic mass is 10.2. The van der Waals surface area contributed by atoms with Crippen LogP contribution in [0.4, 0.5) is 0 Å². The van der Waals surface area contributed by atoms with Gasteiger partial charge in [-0.05, 0) is 25.3 Å². The first-order chi connectivity index (χ1) is 8.43. The van der Waals surface area contributed by atoms with Gasteiger partial charge in [0, 0.05) is 24.5 Å². The predicted molar refractivity (Wildman–Crippen MR) is 68.9 cm³/mol. The Morgan fingerprint density at radius 1 is 1.44 bits per heavy atom. The molecule has 0 fully saturated rings. The third kappa shape index (κ3) is 2.33. The maximum absolute atomic E-state index is 12.2. The Morgan fingerprint density at radius 2 is 2.17 bits per heavy atom. The van der Waals surface area contributed by atoms with Crippen molar-refractivity contribution in [1.82, 2.24) is 9.46 Å². The van der Waals surface area contributed by atoms with E-state index in [-0.39, 0.29) is 6.54 Å². The molecule has 2 aromatic heterocycles. The van der Waals surface area contributed by atoms with E-state index in [0.29, 0.717) is 10.7 Å². The fourth-order valence-electron chi connectivity index (χ4n) is 1.61. The van der Waals surface area contributed by atoms with E-state index in [2.05, 4.69) is 5.16 Å². The van der Waals surface area contributed by atoms with Gasteiger partial charge < -0.3 is 4.52 Å². The van der Waals surface area contributed by atoms with E-state index in [1.807, 2.05) is 0 Å². The largest absolute Gasteiger partial charge is 0.361 e. The quantitative estimate of drug-likeness (QED) is 0.864. The maximum atomic E-state index is 12.2. The Kier molecular flexibility index (Phi) is 3.56. The molecule has 0 aromatic carbocycles. The molecule has 5 nitrogen and oxygen atoms in total. The molecule has 0 saturated carbocycles. The predicted octanol–water partition coefficient (Wildman–Crippen LogP) is 2.17. The van der Waals surface area contributed by atoms with Crippen molar-refractivity contribution < 1.29 is 12.9 Å². The van der Waals surface area contributed by atoms with Crippen LogP contribution < -0.4 is 0 Å². The summed E-state index contributed by atoms with van der Waals surface area (Å²) in [5, 5.41) is 7.19. The van der Waals surface area contributed by atoms with Crippen LogP contribution in [-0.4, -0.2) is 24.9 Å². The van der Waals surface area contributed by atoms with Crippen LogP contribution in [0, 0.1) is 13.8 Å². The highest BCUT2D eigenvalue weighted by molar-refractivity contribution is 7.89. The summed E-state index contributed by atoms with van der Waals surface area (Å²) >= 11 is 1.36. The molecule has 0 aliphatic heterocycles. The first-order valence-corrected chi connectivity index (χ1v) is 7.71. The van der Waals surface area contributed by atoms with Crippen molar-refractivity contribution >= 4 is 21.4 Å². The third-order valence-electron chi connectivity index (χ3n) is 2.77. The SMILES string of the molecule is Cc1noc(C)c1CN(C)S(=O)(=O)c1ccsc1. The number of sulfonamides is 1. The van der Waals surface area contributed by atoms with Gasteiger partial charge in [0.15, 0.2) is 0 Å². The molecule has 0 aliphatic rings. The lowest BCUT2D eigenvalue weighted by Crippen LogP contribution is -2.26. The van der Waals surface area contributed by atoms with Crippen LogP contribution in [0.25, 0.3) is 0 Å². The highest BCUT2D eigenvalue weighted by Crippen LogP contribution is 2.21. The molecule has 2 aromatic rings.